The van der Waals surface area contributed by atoms with Crippen LogP contribution >= 0.6 is 15.9 Å². The molecule has 1 aromatic carbocycles. The third-order valence-corrected chi connectivity index (χ3v) is 3.01. The molecule has 0 radical (unpaired) electrons. The minimum absolute atomic E-state index is 0.211. The molecular formula is C11H11BrO2. The lowest BCUT2D eigenvalue weighted by Crippen LogP contribution is -2.04. The van der Waals surface area contributed by atoms with Crippen LogP contribution in [0.25, 0.3) is 0 Å². The summed E-state index contributed by atoms with van der Waals surface area (Å²) in [5.74, 6) is 1.10. The van der Waals surface area contributed by atoms with Gasteiger partial charge in [-0.1, -0.05) is 6.07 Å². The highest BCUT2D eigenvalue weighted by molar-refractivity contribution is 9.10. The molecule has 0 saturated heterocycles. The molecule has 0 unspecified atom stereocenters. The van der Waals surface area contributed by atoms with Crippen molar-refractivity contribution in [2.75, 3.05) is 7.11 Å². The molecule has 2 nitrogen and oxygen atoms in total. The summed E-state index contributed by atoms with van der Waals surface area (Å²) in [6.45, 7) is 0. The van der Waals surface area contributed by atoms with E-state index in [-0.39, 0.29) is 11.7 Å². The molecular weight excluding hydrogens is 244 g/mol. The van der Waals surface area contributed by atoms with Gasteiger partial charge in [-0.05, 0) is 40.9 Å². The number of hydrogen-bond donors (Lipinski definition) is 0. The van der Waals surface area contributed by atoms with Crippen molar-refractivity contribution in [3.05, 3.63) is 28.2 Å². The van der Waals surface area contributed by atoms with Crippen LogP contribution in [0.1, 0.15) is 23.2 Å². The number of rotatable bonds is 3. The summed E-state index contributed by atoms with van der Waals surface area (Å²) in [7, 11) is 1.59. The molecule has 1 fully saturated rings. The van der Waals surface area contributed by atoms with Gasteiger partial charge in [-0.25, -0.2) is 0 Å². The zero-order valence-electron chi connectivity index (χ0n) is 7.92. The van der Waals surface area contributed by atoms with E-state index < -0.39 is 0 Å². The minimum atomic E-state index is 0.211. The average Bonchev–Trinajstić information content (AvgIpc) is 2.99. The largest absolute Gasteiger partial charge is 0.495 e. The summed E-state index contributed by atoms with van der Waals surface area (Å²) < 4.78 is 6.05. The lowest BCUT2D eigenvalue weighted by molar-refractivity contribution is 0.0964. The number of carbonyl (C=O) groups excluding carboxylic acids is 1. The number of ketones is 1. The van der Waals surface area contributed by atoms with E-state index in [0.717, 1.165) is 17.3 Å². The van der Waals surface area contributed by atoms with E-state index in [1.54, 1.807) is 7.11 Å². The van der Waals surface area contributed by atoms with Crippen LogP contribution < -0.4 is 4.74 Å². The molecule has 1 saturated carbocycles. The third-order valence-electron chi connectivity index (χ3n) is 2.38. The molecule has 1 aliphatic carbocycles. The first kappa shape index (κ1) is 9.71. The van der Waals surface area contributed by atoms with Crippen molar-refractivity contribution >= 4 is 21.7 Å². The fourth-order valence-corrected chi connectivity index (χ4v) is 2.00. The fourth-order valence-electron chi connectivity index (χ4n) is 1.48. The molecule has 1 aromatic rings. The van der Waals surface area contributed by atoms with E-state index in [2.05, 4.69) is 15.9 Å². The molecule has 0 amide bonds. The maximum atomic E-state index is 11.8. The molecule has 0 N–H and O–H groups in total. The Balaban J connectivity index is 2.40. The van der Waals surface area contributed by atoms with Gasteiger partial charge in [0.2, 0.25) is 0 Å². The van der Waals surface area contributed by atoms with Crippen molar-refractivity contribution in [1.82, 2.24) is 0 Å². The van der Waals surface area contributed by atoms with Crippen LogP contribution in [0.15, 0.2) is 22.7 Å². The van der Waals surface area contributed by atoms with Gasteiger partial charge in [-0.3, -0.25) is 4.79 Å². The van der Waals surface area contributed by atoms with Crippen LogP contribution in [0.5, 0.6) is 5.75 Å². The quantitative estimate of drug-likeness (QED) is 0.776. The summed E-state index contributed by atoms with van der Waals surface area (Å²) in [5.41, 5.74) is 0.698. The van der Waals surface area contributed by atoms with Crippen LogP contribution in [0.2, 0.25) is 0 Å². The van der Waals surface area contributed by atoms with Crippen molar-refractivity contribution in [1.29, 1.82) is 0 Å². The SMILES string of the molecule is COc1c(Br)cccc1C(=O)C1CC1. The highest BCUT2D eigenvalue weighted by atomic mass is 79.9. The smallest absolute Gasteiger partial charge is 0.169 e. The van der Waals surface area contributed by atoms with Crippen LogP contribution in [0, 0.1) is 5.92 Å². The van der Waals surface area contributed by atoms with Crippen LogP contribution in [-0.4, -0.2) is 12.9 Å². The number of ether oxygens (including phenoxy) is 1. The van der Waals surface area contributed by atoms with Gasteiger partial charge in [-0.2, -0.15) is 0 Å². The Morgan fingerprint density at radius 1 is 1.50 bits per heavy atom. The molecule has 0 atom stereocenters. The summed E-state index contributed by atoms with van der Waals surface area (Å²) in [6.07, 6.45) is 2.04. The number of halogens is 1. The Hall–Kier alpha value is -0.830. The van der Waals surface area contributed by atoms with E-state index in [4.69, 9.17) is 4.74 Å². The van der Waals surface area contributed by atoms with Crippen molar-refractivity contribution in [2.24, 2.45) is 5.92 Å². The first-order valence-electron chi connectivity index (χ1n) is 4.60. The van der Waals surface area contributed by atoms with E-state index in [1.807, 2.05) is 18.2 Å². The monoisotopic (exact) mass is 254 g/mol. The number of Topliss-reactive ketones (excluding diaryl/α,β-unsaturated/α-hetero) is 1. The second-order valence-electron chi connectivity index (χ2n) is 3.46. The molecule has 0 aromatic heterocycles. The Morgan fingerprint density at radius 3 is 2.79 bits per heavy atom. The second-order valence-corrected chi connectivity index (χ2v) is 4.31. The van der Waals surface area contributed by atoms with Gasteiger partial charge < -0.3 is 4.74 Å². The maximum Gasteiger partial charge on any atom is 0.169 e. The summed E-state index contributed by atoms with van der Waals surface area (Å²) in [5, 5.41) is 0. The number of methoxy groups -OCH3 is 1. The van der Waals surface area contributed by atoms with E-state index in [0.29, 0.717) is 11.3 Å². The highest BCUT2D eigenvalue weighted by Gasteiger charge is 2.32. The molecule has 0 bridgehead atoms. The Morgan fingerprint density at radius 2 is 2.21 bits per heavy atom. The first-order valence-corrected chi connectivity index (χ1v) is 5.40. The molecule has 0 spiro atoms. The number of hydrogen-bond acceptors (Lipinski definition) is 2. The van der Waals surface area contributed by atoms with Crippen LogP contribution in [0.4, 0.5) is 0 Å². The molecule has 3 heteroatoms. The first-order chi connectivity index (χ1) is 6.74. The van der Waals surface area contributed by atoms with Crippen LogP contribution in [-0.2, 0) is 0 Å². The normalized spacial score (nSPS) is 15.3. The third kappa shape index (κ3) is 1.69. The molecule has 0 heterocycles. The number of para-hydroxylation sites is 1. The predicted molar refractivity (Wildman–Crippen MR) is 57.7 cm³/mol. The van der Waals surface area contributed by atoms with Gasteiger partial charge in [-0.15, -0.1) is 0 Å². The molecule has 74 valence electrons. The summed E-state index contributed by atoms with van der Waals surface area (Å²) in [6, 6.07) is 5.56. The molecule has 1 aliphatic rings. The predicted octanol–water partition coefficient (Wildman–Crippen LogP) is 3.05. The van der Waals surface area contributed by atoms with E-state index in [9.17, 15) is 4.79 Å². The van der Waals surface area contributed by atoms with Crippen molar-refractivity contribution in [3.63, 3.8) is 0 Å². The Labute approximate surface area is 91.4 Å². The zero-order valence-corrected chi connectivity index (χ0v) is 9.50. The highest BCUT2D eigenvalue weighted by Crippen LogP contribution is 2.37. The summed E-state index contributed by atoms with van der Waals surface area (Å²) >= 11 is 3.37. The standard InChI is InChI=1S/C11H11BrO2/c1-14-11-8(3-2-4-9(11)12)10(13)7-5-6-7/h2-4,7H,5-6H2,1H3. The summed E-state index contributed by atoms with van der Waals surface area (Å²) in [4.78, 5) is 11.8. The van der Waals surface area contributed by atoms with E-state index in [1.165, 1.54) is 0 Å². The van der Waals surface area contributed by atoms with Gasteiger partial charge in [0.1, 0.15) is 5.75 Å². The molecule has 0 aliphatic heterocycles. The Bertz CT molecular complexity index is 370. The van der Waals surface area contributed by atoms with Gasteiger partial charge in [0, 0.05) is 5.92 Å². The van der Waals surface area contributed by atoms with Gasteiger partial charge >= 0.3 is 0 Å². The lowest BCUT2D eigenvalue weighted by atomic mass is 10.1. The van der Waals surface area contributed by atoms with Gasteiger partial charge in [0.25, 0.3) is 0 Å². The molecule has 14 heavy (non-hydrogen) atoms. The lowest BCUT2D eigenvalue weighted by Gasteiger charge is -2.08. The van der Waals surface area contributed by atoms with Crippen molar-refractivity contribution in [2.45, 2.75) is 12.8 Å². The van der Waals surface area contributed by atoms with E-state index >= 15 is 0 Å². The zero-order chi connectivity index (χ0) is 10.1. The number of carbonyl (C=O) groups is 1. The number of benzene rings is 1. The van der Waals surface area contributed by atoms with Crippen LogP contribution in [0.3, 0.4) is 0 Å². The fraction of sp³-hybridized carbons (Fsp3) is 0.364. The second kappa shape index (κ2) is 3.73. The maximum absolute atomic E-state index is 11.8. The minimum Gasteiger partial charge on any atom is -0.495 e. The van der Waals surface area contributed by atoms with Gasteiger partial charge in [0.15, 0.2) is 5.78 Å². The average molecular weight is 255 g/mol. The van der Waals surface area contributed by atoms with Crippen molar-refractivity contribution in [3.8, 4) is 5.75 Å². The molecule has 2 rings (SSSR count). The Kier molecular flexibility index (Phi) is 2.59. The van der Waals surface area contributed by atoms with Crippen molar-refractivity contribution < 1.29 is 9.53 Å². The topological polar surface area (TPSA) is 26.3 Å². The van der Waals surface area contributed by atoms with Gasteiger partial charge in [0.05, 0.1) is 17.1 Å².